The summed E-state index contributed by atoms with van der Waals surface area (Å²) in [6.07, 6.45) is 0. The van der Waals surface area contributed by atoms with E-state index in [1.54, 1.807) is 12.1 Å². The minimum absolute atomic E-state index is 0.0266. The Kier molecular flexibility index (Phi) is 1.92. The van der Waals surface area contributed by atoms with Crippen molar-refractivity contribution in [3.8, 4) is 11.5 Å². The van der Waals surface area contributed by atoms with Gasteiger partial charge < -0.3 is 20.5 Å². The molecule has 74 valence electrons. The van der Waals surface area contributed by atoms with Gasteiger partial charge in [0.05, 0.1) is 18.5 Å². The first-order valence-corrected chi connectivity index (χ1v) is 4.11. The minimum atomic E-state index is -0.177. The number of benzene rings is 1. The largest absolute Gasteiger partial charge is 0.495 e. The maximum atomic E-state index is 11.0. The highest BCUT2D eigenvalue weighted by Gasteiger charge is 2.17. The Morgan fingerprint density at radius 3 is 3.07 bits per heavy atom. The molecule has 0 radical (unpaired) electrons. The second-order valence-electron chi connectivity index (χ2n) is 2.93. The molecule has 14 heavy (non-hydrogen) atoms. The fraction of sp³-hybridized carbons (Fsp3) is 0.222. The molecule has 2 rings (SSSR count). The van der Waals surface area contributed by atoms with Crippen molar-refractivity contribution < 1.29 is 14.3 Å². The highest BCUT2D eigenvalue weighted by Crippen LogP contribution is 2.36. The molecule has 1 aromatic carbocycles. The molecule has 0 spiro atoms. The number of nitrogens with one attached hydrogen (secondary N) is 1. The summed E-state index contributed by atoms with van der Waals surface area (Å²) in [7, 11) is 1.52. The first-order valence-electron chi connectivity index (χ1n) is 4.11. The lowest BCUT2D eigenvalue weighted by molar-refractivity contribution is -0.118. The normalized spacial score (nSPS) is 13.9. The molecule has 0 bridgehead atoms. The number of carbonyl (C=O) groups excluding carboxylic acids is 1. The average Bonchev–Trinajstić information content (AvgIpc) is 2.17. The number of fused-ring (bicyclic) bond motifs is 1. The van der Waals surface area contributed by atoms with Gasteiger partial charge >= 0.3 is 0 Å². The number of amides is 1. The highest BCUT2D eigenvalue weighted by molar-refractivity contribution is 5.96. The van der Waals surface area contributed by atoms with E-state index < -0.39 is 0 Å². The monoisotopic (exact) mass is 194 g/mol. The van der Waals surface area contributed by atoms with Crippen LogP contribution in [0.1, 0.15) is 0 Å². The standard InChI is InChI=1S/C9H10N2O3/c1-13-7-3-6-8(2-5(7)10)14-4-9(12)11-6/h2-3H,4,10H2,1H3,(H,11,12). The summed E-state index contributed by atoms with van der Waals surface area (Å²) >= 11 is 0. The van der Waals surface area contributed by atoms with Crippen molar-refractivity contribution in [2.75, 3.05) is 24.8 Å². The van der Waals surface area contributed by atoms with Crippen LogP contribution in [-0.2, 0) is 4.79 Å². The Balaban J connectivity index is 2.46. The Hall–Kier alpha value is -1.91. The molecule has 1 heterocycles. The summed E-state index contributed by atoms with van der Waals surface area (Å²) in [5.41, 5.74) is 6.75. The Morgan fingerprint density at radius 1 is 1.57 bits per heavy atom. The fourth-order valence-corrected chi connectivity index (χ4v) is 1.30. The molecular weight excluding hydrogens is 184 g/mol. The lowest BCUT2D eigenvalue weighted by Crippen LogP contribution is -2.25. The number of hydrogen-bond acceptors (Lipinski definition) is 4. The molecule has 0 saturated carbocycles. The maximum absolute atomic E-state index is 11.0. The number of methoxy groups -OCH3 is 1. The van der Waals surface area contributed by atoms with E-state index in [-0.39, 0.29) is 12.5 Å². The van der Waals surface area contributed by atoms with Gasteiger partial charge in [-0.25, -0.2) is 0 Å². The summed E-state index contributed by atoms with van der Waals surface area (Å²) in [5, 5.41) is 2.66. The van der Waals surface area contributed by atoms with Crippen LogP contribution in [0.15, 0.2) is 12.1 Å². The summed E-state index contributed by atoms with van der Waals surface area (Å²) in [4.78, 5) is 11.0. The molecule has 0 unspecified atom stereocenters. The molecule has 0 aliphatic carbocycles. The van der Waals surface area contributed by atoms with Crippen molar-refractivity contribution in [2.24, 2.45) is 0 Å². The first kappa shape index (κ1) is 8.68. The molecule has 3 N–H and O–H groups in total. The van der Waals surface area contributed by atoms with Gasteiger partial charge in [-0.05, 0) is 0 Å². The Labute approximate surface area is 80.8 Å². The molecule has 0 atom stereocenters. The molecule has 1 aliphatic heterocycles. The van der Waals surface area contributed by atoms with E-state index in [2.05, 4.69) is 5.32 Å². The summed E-state index contributed by atoms with van der Waals surface area (Å²) in [6.45, 7) is 0.0266. The predicted octanol–water partition coefficient (Wildman–Crippen LogP) is 0.608. The zero-order valence-electron chi connectivity index (χ0n) is 7.66. The van der Waals surface area contributed by atoms with E-state index in [0.29, 0.717) is 22.9 Å². The molecule has 1 aromatic rings. The third kappa shape index (κ3) is 1.32. The van der Waals surface area contributed by atoms with Crippen LogP contribution in [0.5, 0.6) is 11.5 Å². The van der Waals surface area contributed by atoms with Crippen molar-refractivity contribution in [3.05, 3.63) is 12.1 Å². The maximum Gasteiger partial charge on any atom is 0.262 e. The summed E-state index contributed by atoms with van der Waals surface area (Å²) in [5.74, 6) is 0.918. The van der Waals surface area contributed by atoms with Crippen LogP contribution in [0, 0.1) is 0 Å². The highest BCUT2D eigenvalue weighted by atomic mass is 16.5. The number of hydrogen-bond donors (Lipinski definition) is 2. The zero-order chi connectivity index (χ0) is 10.1. The number of nitrogen functional groups attached to an aromatic ring is 1. The smallest absolute Gasteiger partial charge is 0.262 e. The van der Waals surface area contributed by atoms with Gasteiger partial charge in [0.1, 0.15) is 11.5 Å². The van der Waals surface area contributed by atoms with Crippen LogP contribution in [0.25, 0.3) is 0 Å². The number of anilines is 2. The van der Waals surface area contributed by atoms with Crippen LogP contribution < -0.4 is 20.5 Å². The second-order valence-corrected chi connectivity index (χ2v) is 2.93. The molecule has 0 saturated heterocycles. The van der Waals surface area contributed by atoms with E-state index >= 15 is 0 Å². The lowest BCUT2D eigenvalue weighted by Gasteiger charge is -2.19. The van der Waals surface area contributed by atoms with Gasteiger partial charge in [-0.15, -0.1) is 0 Å². The number of rotatable bonds is 1. The van der Waals surface area contributed by atoms with E-state index in [4.69, 9.17) is 15.2 Å². The Morgan fingerprint density at radius 2 is 2.36 bits per heavy atom. The van der Waals surface area contributed by atoms with Crippen LogP contribution in [-0.4, -0.2) is 19.6 Å². The van der Waals surface area contributed by atoms with Gasteiger partial charge in [-0.3, -0.25) is 4.79 Å². The summed E-state index contributed by atoms with van der Waals surface area (Å²) < 4.78 is 10.2. The van der Waals surface area contributed by atoms with Gasteiger partial charge in [-0.2, -0.15) is 0 Å². The van der Waals surface area contributed by atoms with Crippen molar-refractivity contribution in [1.82, 2.24) is 0 Å². The van der Waals surface area contributed by atoms with Gasteiger partial charge in [-0.1, -0.05) is 0 Å². The first-order chi connectivity index (χ1) is 6.70. The fourth-order valence-electron chi connectivity index (χ4n) is 1.30. The topological polar surface area (TPSA) is 73.6 Å². The third-order valence-corrected chi connectivity index (χ3v) is 1.96. The second kappa shape index (κ2) is 3.10. The lowest BCUT2D eigenvalue weighted by atomic mass is 10.2. The van der Waals surface area contributed by atoms with Gasteiger partial charge in [0.25, 0.3) is 5.91 Å². The van der Waals surface area contributed by atoms with E-state index in [1.807, 2.05) is 0 Å². The van der Waals surface area contributed by atoms with E-state index in [1.165, 1.54) is 7.11 Å². The third-order valence-electron chi connectivity index (χ3n) is 1.96. The molecular formula is C9H10N2O3. The quantitative estimate of drug-likeness (QED) is 0.642. The SMILES string of the molecule is COc1cc2c(cc1N)OCC(=O)N2. The van der Waals surface area contributed by atoms with Crippen molar-refractivity contribution in [2.45, 2.75) is 0 Å². The van der Waals surface area contributed by atoms with Crippen molar-refractivity contribution in [3.63, 3.8) is 0 Å². The molecule has 5 heteroatoms. The van der Waals surface area contributed by atoms with Gasteiger partial charge in [0, 0.05) is 12.1 Å². The number of nitrogens with two attached hydrogens (primary N) is 1. The van der Waals surface area contributed by atoms with Gasteiger partial charge in [0.15, 0.2) is 6.61 Å². The van der Waals surface area contributed by atoms with Gasteiger partial charge in [0.2, 0.25) is 0 Å². The Bertz CT molecular complexity index is 390. The molecule has 0 fully saturated rings. The number of ether oxygens (including phenoxy) is 2. The molecule has 0 aromatic heterocycles. The van der Waals surface area contributed by atoms with Crippen LogP contribution >= 0.6 is 0 Å². The van der Waals surface area contributed by atoms with Crippen LogP contribution in [0.4, 0.5) is 11.4 Å². The predicted molar refractivity (Wildman–Crippen MR) is 51.5 cm³/mol. The van der Waals surface area contributed by atoms with Crippen LogP contribution in [0.3, 0.4) is 0 Å². The molecule has 5 nitrogen and oxygen atoms in total. The minimum Gasteiger partial charge on any atom is -0.495 e. The van der Waals surface area contributed by atoms with E-state index in [9.17, 15) is 4.79 Å². The summed E-state index contributed by atoms with van der Waals surface area (Å²) in [6, 6.07) is 3.27. The number of carbonyl (C=O) groups is 1. The van der Waals surface area contributed by atoms with E-state index in [0.717, 1.165) is 0 Å². The van der Waals surface area contributed by atoms with Crippen molar-refractivity contribution >= 4 is 17.3 Å². The molecule has 1 amide bonds. The van der Waals surface area contributed by atoms with Crippen molar-refractivity contribution in [1.29, 1.82) is 0 Å². The zero-order valence-corrected chi connectivity index (χ0v) is 7.66. The van der Waals surface area contributed by atoms with Crippen LogP contribution in [0.2, 0.25) is 0 Å². The average molecular weight is 194 g/mol. The molecule has 1 aliphatic rings.